The van der Waals surface area contributed by atoms with Crippen LogP contribution in [0.2, 0.25) is 0 Å². The van der Waals surface area contributed by atoms with E-state index in [4.69, 9.17) is 4.74 Å². The van der Waals surface area contributed by atoms with Gasteiger partial charge in [0.1, 0.15) is 5.75 Å². The third-order valence-corrected chi connectivity index (χ3v) is 8.37. The summed E-state index contributed by atoms with van der Waals surface area (Å²) in [6.45, 7) is 4.49. The number of hydrogen-bond donors (Lipinski definition) is 0. The lowest BCUT2D eigenvalue weighted by molar-refractivity contribution is -0.140. The third kappa shape index (κ3) is 11.5. The van der Waals surface area contributed by atoms with Gasteiger partial charge in [0, 0.05) is 0 Å². The average Bonchev–Trinajstić information content (AvgIpc) is 3.05. The highest BCUT2D eigenvalue weighted by Gasteiger charge is 2.27. The molecule has 0 saturated heterocycles. The average molecular weight is 581 g/mol. The first-order chi connectivity index (χ1) is 21.1. The first kappa shape index (κ1) is 32.2. The van der Waals surface area contributed by atoms with Gasteiger partial charge in [-0.1, -0.05) is 77.3 Å². The molecule has 0 atom stereocenters. The summed E-state index contributed by atoms with van der Waals surface area (Å²) in [6, 6.07) is 23.0. The number of esters is 1. The van der Waals surface area contributed by atoms with Crippen LogP contribution in [0.3, 0.4) is 0 Å². The van der Waals surface area contributed by atoms with E-state index < -0.39 is 0 Å². The Bertz CT molecular complexity index is 1280. The zero-order valence-electron chi connectivity index (χ0n) is 26.1. The second-order valence-electron chi connectivity index (χ2n) is 11.9. The number of rotatable bonds is 16. The SMILES string of the molecule is CCCCCCc1ccc(/N=N/c2ccc(/N=N/c3ccc(OC(=O)C4CCC(CCCCCC)CC4)cc3)cc2)cc1. The van der Waals surface area contributed by atoms with Gasteiger partial charge in [0.15, 0.2) is 0 Å². The van der Waals surface area contributed by atoms with Gasteiger partial charge in [-0.2, -0.15) is 20.5 Å². The Labute approximate surface area is 258 Å². The van der Waals surface area contributed by atoms with Crippen molar-refractivity contribution >= 4 is 28.7 Å². The molecule has 0 unspecified atom stereocenters. The number of benzene rings is 3. The second-order valence-corrected chi connectivity index (χ2v) is 11.9. The summed E-state index contributed by atoms with van der Waals surface area (Å²) < 4.78 is 5.69. The number of ether oxygens (including phenoxy) is 1. The second kappa shape index (κ2) is 18.1. The molecule has 1 aliphatic rings. The molecule has 1 saturated carbocycles. The van der Waals surface area contributed by atoms with Crippen molar-refractivity contribution in [2.75, 3.05) is 0 Å². The Morgan fingerprint density at radius 1 is 0.605 bits per heavy atom. The van der Waals surface area contributed by atoms with Crippen molar-refractivity contribution in [3.63, 3.8) is 0 Å². The van der Waals surface area contributed by atoms with E-state index in [2.05, 4.69) is 46.4 Å². The molecule has 228 valence electrons. The molecule has 1 aliphatic carbocycles. The van der Waals surface area contributed by atoms with Crippen molar-refractivity contribution < 1.29 is 9.53 Å². The quantitative estimate of drug-likeness (QED) is 0.0731. The molecular formula is C37H48N4O2. The van der Waals surface area contributed by atoms with Gasteiger partial charge >= 0.3 is 5.97 Å². The molecule has 0 heterocycles. The normalized spacial score (nSPS) is 17.1. The van der Waals surface area contributed by atoms with Gasteiger partial charge in [0.25, 0.3) is 0 Å². The molecule has 6 heteroatoms. The number of hydrogen-bond acceptors (Lipinski definition) is 6. The molecule has 4 rings (SSSR count). The maximum atomic E-state index is 12.7. The van der Waals surface area contributed by atoms with Crippen LogP contribution in [0, 0.1) is 11.8 Å². The van der Waals surface area contributed by atoms with Gasteiger partial charge in [-0.3, -0.25) is 4.79 Å². The van der Waals surface area contributed by atoms with E-state index in [1.165, 1.54) is 63.4 Å². The molecule has 43 heavy (non-hydrogen) atoms. The molecule has 6 nitrogen and oxygen atoms in total. The zero-order chi connectivity index (χ0) is 30.1. The van der Waals surface area contributed by atoms with E-state index in [9.17, 15) is 4.79 Å². The Hall–Kier alpha value is -3.67. The van der Waals surface area contributed by atoms with Crippen LogP contribution in [0.15, 0.2) is 93.3 Å². The summed E-state index contributed by atoms with van der Waals surface area (Å²) in [4.78, 5) is 12.7. The smallest absolute Gasteiger partial charge is 0.314 e. The molecule has 1 fully saturated rings. The largest absolute Gasteiger partial charge is 0.426 e. The molecule has 0 aromatic heterocycles. The predicted octanol–water partition coefficient (Wildman–Crippen LogP) is 12.3. The molecule has 3 aromatic rings. The maximum absolute atomic E-state index is 12.7. The van der Waals surface area contributed by atoms with E-state index >= 15 is 0 Å². The minimum Gasteiger partial charge on any atom is -0.426 e. The number of aryl methyl sites for hydroxylation is 1. The van der Waals surface area contributed by atoms with E-state index in [0.717, 1.165) is 55.1 Å². The van der Waals surface area contributed by atoms with Gasteiger partial charge in [-0.05, 0) is 111 Å². The van der Waals surface area contributed by atoms with Crippen LogP contribution in [-0.2, 0) is 11.2 Å². The summed E-state index contributed by atoms with van der Waals surface area (Å²) in [5.41, 5.74) is 4.37. The topological polar surface area (TPSA) is 75.7 Å². The molecule has 0 amide bonds. The summed E-state index contributed by atoms with van der Waals surface area (Å²) in [6.07, 6.45) is 16.9. The standard InChI is InChI=1S/C37H48N4O2/c1-3-5-7-9-11-29-13-17-31(18-14-29)37(42)43-36-27-25-35(26-28-36)41-40-34-23-21-33(22-24-34)39-38-32-19-15-30(16-20-32)12-10-8-6-4-2/h15-16,19-29,31H,3-14,17-18H2,1-2H3/b39-38+,41-40+. The molecule has 0 spiro atoms. The number of carbonyl (C=O) groups excluding carboxylic acids is 1. The summed E-state index contributed by atoms with van der Waals surface area (Å²) >= 11 is 0. The fourth-order valence-corrected chi connectivity index (χ4v) is 5.63. The monoisotopic (exact) mass is 580 g/mol. The maximum Gasteiger partial charge on any atom is 0.314 e. The van der Waals surface area contributed by atoms with E-state index in [-0.39, 0.29) is 11.9 Å². The number of nitrogens with zero attached hydrogens (tertiary/aromatic N) is 4. The summed E-state index contributed by atoms with van der Waals surface area (Å²) in [5, 5.41) is 17.4. The lowest BCUT2D eigenvalue weighted by Gasteiger charge is -2.27. The molecule has 0 bridgehead atoms. The van der Waals surface area contributed by atoms with E-state index in [1.54, 1.807) is 12.1 Å². The minimum absolute atomic E-state index is 0.0133. The predicted molar refractivity (Wildman–Crippen MR) is 175 cm³/mol. The van der Waals surface area contributed by atoms with Crippen LogP contribution in [0.25, 0.3) is 0 Å². The van der Waals surface area contributed by atoms with Crippen molar-refractivity contribution in [1.82, 2.24) is 0 Å². The van der Waals surface area contributed by atoms with Crippen molar-refractivity contribution in [3.8, 4) is 5.75 Å². The van der Waals surface area contributed by atoms with E-state index in [0.29, 0.717) is 11.4 Å². The molecule has 0 aliphatic heterocycles. The van der Waals surface area contributed by atoms with Crippen molar-refractivity contribution in [1.29, 1.82) is 0 Å². The van der Waals surface area contributed by atoms with Crippen LogP contribution in [0.5, 0.6) is 5.75 Å². The Balaban J connectivity index is 1.19. The van der Waals surface area contributed by atoms with Crippen LogP contribution >= 0.6 is 0 Å². The van der Waals surface area contributed by atoms with Crippen molar-refractivity contribution in [2.45, 2.75) is 104 Å². The zero-order valence-corrected chi connectivity index (χ0v) is 26.1. The van der Waals surface area contributed by atoms with Crippen molar-refractivity contribution in [2.24, 2.45) is 32.3 Å². The number of unbranched alkanes of at least 4 members (excludes halogenated alkanes) is 6. The lowest BCUT2D eigenvalue weighted by Crippen LogP contribution is -2.25. The Morgan fingerprint density at radius 2 is 1.07 bits per heavy atom. The first-order valence-electron chi connectivity index (χ1n) is 16.5. The molecule has 0 radical (unpaired) electrons. The highest BCUT2D eigenvalue weighted by atomic mass is 16.5. The van der Waals surface area contributed by atoms with Crippen LogP contribution in [0.4, 0.5) is 22.7 Å². The summed E-state index contributed by atoms with van der Waals surface area (Å²) in [5.74, 6) is 1.24. The third-order valence-electron chi connectivity index (χ3n) is 8.37. The molecule has 0 N–H and O–H groups in total. The Kier molecular flexibility index (Phi) is 13.6. The molecular weight excluding hydrogens is 532 g/mol. The van der Waals surface area contributed by atoms with Crippen LogP contribution < -0.4 is 4.74 Å². The van der Waals surface area contributed by atoms with Crippen LogP contribution in [0.1, 0.15) is 103 Å². The molecule has 3 aromatic carbocycles. The van der Waals surface area contributed by atoms with Gasteiger partial charge in [-0.25, -0.2) is 0 Å². The van der Waals surface area contributed by atoms with Crippen molar-refractivity contribution in [3.05, 3.63) is 78.4 Å². The van der Waals surface area contributed by atoms with Gasteiger partial charge in [0.2, 0.25) is 0 Å². The summed E-state index contributed by atoms with van der Waals surface area (Å²) in [7, 11) is 0. The fraction of sp³-hybridized carbons (Fsp3) is 0.486. The van der Waals surface area contributed by atoms with Gasteiger partial charge in [-0.15, -0.1) is 0 Å². The highest BCUT2D eigenvalue weighted by molar-refractivity contribution is 5.75. The van der Waals surface area contributed by atoms with Gasteiger partial charge < -0.3 is 4.74 Å². The number of azo groups is 2. The van der Waals surface area contributed by atoms with E-state index in [1.807, 2.05) is 48.5 Å². The van der Waals surface area contributed by atoms with Gasteiger partial charge in [0.05, 0.1) is 28.7 Å². The highest BCUT2D eigenvalue weighted by Crippen LogP contribution is 2.33. The number of carbonyl (C=O) groups is 1. The fourth-order valence-electron chi connectivity index (χ4n) is 5.63. The van der Waals surface area contributed by atoms with Crippen LogP contribution in [-0.4, -0.2) is 5.97 Å². The Morgan fingerprint density at radius 3 is 1.58 bits per heavy atom. The lowest BCUT2D eigenvalue weighted by atomic mass is 9.80. The first-order valence-corrected chi connectivity index (χ1v) is 16.5. The minimum atomic E-state index is -0.106.